The van der Waals surface area contributed by atoms with E-state index < -0.39 is 0 Å². The van der Waals surface area contributed by atoms with Crippen LogP contribution in [0.5, 0.6) is 0 Å². The van der Waals surface area contributed by atoms with Gasteiger partial charge in [-0.2, -0.15) is 5.10 Å². The molecule has 3 aliphatic heterocycles. The normalized spacial score (nSPS) is 33.6. The third-order valence-corrected chi connectivity index (χ3v) is 5.99. The number of ether oxygens (including phenoxy) is 1. The Bertz CT molecular complexity index is 579. The van der Waals surface area contributed by atoms with Gasteiger partial charge in [0.05, 0.1) is 12.7 Å². The van der Waals surface area contributed by atoms with Gasteiger partial charge in [-0.3, -0.25) is 9.89 Å². The van der Waals surface area contributed by atoms with Crippen molar-refractivity contribution in [3.63, 3.8) is 0 Å². The van der Waals surface area contributed by atoms with Gasteiger partial charge in [0.2, 0.25) is 0 Å². The second-order valence-electron chi connectivity index (χ2n) is 8.23. The fourth-order valence-corrected chi connectivity index (χ4v) is 4.42. The summed E-state index contributed by atoms with van der Waals surface area (Å²) in [6.07, 6.45) is 8.33. The van der Waals surface area contributed by atoms with Crippen molar-refractivity contribution in [1.29, 1.82) is 0 Å². The second kappa shape index (κ2) is 10.3. The van der Waals surface area contributed by atoms with Gasteiger partial charge in [-0.1, -0.05) is 6.92 Å². The first kappa shape index (κ1) is 21.2. The molecule has 0 saturated carbocycles. The zero-order chi connectivity index (χ0) is 19.9. The highest BCUT2D eigenvalue weighted by Gasteiger charge is 2.35. The zero-order valence-corrected chi connectivity index (χ0v) is 17.6. The van der Waals surface area contributed by atoms with Crippen molar-refractivity contribution in [2.45, 2.75) is 70.8 Å². The van der Waals surface area contributed by atoms with Crippen LogP contribution in [0.25, 0.3) is 0 Å². The molecule has 8 nitrogen and oxygen atoms in total. The standard InChI is InChI=1S/C20H37N7O/c1-4-19(26-10-11-28-15(2)12-26)23-14-24-25-16(3)18-7-8-22-20(18)27-9-5-6-17(21)13-27/h8,14-18,20,25H,4-7,9-13,21H2,1-3H3/b23-19+,24-14-/t15?,16-,17+,18-,20?/m0/s1. The molecule has 3 rings (SSSR count). The maximum Gasteiger partial charge on any atom is 0.137 e. The van der Waals surface area contributed by atoms with Gasteiger partial charge >= 0.3 is 0 Å². The molecule has 0 aromatic rings. The summed E-state index contributed by atoms with van der Waals surface area (Å²) in [6.45, 7) is 11.0. The number of piperidine rings is 1. The number of likely N-dealkylation sites (tertiary alicyclic amines) is 1. The first-order chi connectivity index (χ1) is 13.6. The summed E-state index contributed by atoms with van der Waals surface area (Å²) in [5.74, 6) is 1.48. The van der Waals surface area contributed by atoms with Gasteiger partial charge < -0.3 is 20.8 Å². The lowest BCUT2D eigenvalue weighted by molar-refractivity contribution is 0.00527. The van der Waals surface area contributed by atoms with Crippen LogP contribution in [0.15, 0.2) is 15.1 Å². The van der Waals surface area contributed by atoms with E-state index in [1.807, 2.05) is 0 Å². The molecule has 0 radical (unpaired) electrons. The van der Waals surface area contributed by atoms with Crippen molar-refractivity contribution in [3.8, 4) is 0 Å². The molecule has 28 heavy (non-hydrogen) atoms. The van der Waals surface area contributed by atoms with E-state index in [1.54, 1.807) is 6.34 Å². The van der Waals surface area contributed by atoms with Crippen LogP contribution in [-0.4, -0.2) is 85.3 Å². The van der Waals surface area contributed by atoms with Crippen molar-refractivity contribution in [2.24, 2.45) is 26.7 Å². The molecule has 2 saturated heterocycles. The van der Waals surface area contributed by atoms with Gasteiger partial charge in [-0.05, 0) is 33.1 Å². The quantitative estimate of drug-likeness (QED) is 0.404. The van der Waals surface area contributed by atoms with E-state index in [4.69, 9.17) is 15.5 Å². The van der Waals surface area contributed by atoms with E-state index in [-0.39, 0.29) is 24.4 Å². The van der Waals surface area contributed by atoms with E-state index in [0.717, 1.165) is 64.3 Å². The molecule has 158 valence electrons. The number of nitrogens with zero attached hydrogens (tertiary/aromatic N) is 5. The fourth-order valence-electron chi connectivity index (χ4n) is 4.42. The SMILES string of the molecule is CC/C(=N\C=N/N[C@@H](C)[C@@H]1CC=NC1N1CCC[C@@H](N)C1)N1CCOC(C)C1. The molecule has 5 atom stereocenters. The van der Waals surface area contributed by atoms with Crippen molar-refractivity contribution in [3.05, 3.63) is 0 Å². The maximum atomic E-state index is 6.16. The minimum atomic E-state index is 0.216. The highest BCUT2D eigenvalue weighted by Crippen LogP contribution is 2.26. The molecule has 3 N–H and O–H groups in total. The molecule has 2 fully saturated rings. The lowest BCUT2D eigenvalue weighted by Crippen LogP contribution is -2.51. The lowest BCUT2D eigenvalue weighted by Gasteiger charge is -2.38. The minimum absolute atomic E-state index is 0.216. The zero-order valence-electron chi connectivity index (χ0n) is 17.6. The summed E-state index contributed by atoms with van der Waals surface area (Å²) in [6, 6.07) is 0.502. The van der Waals surface area contributed by atoms with Crippen LogP contribution in [0.1, 0.15) is 46.5 Å². The molecular formula is C20H37N7O. The maximum absolute atomic E-state index is 6.16. The Balaban J connectivity index is 1.51. The Morgan fingerprint density at radius 2 is 2.29 bits per heavy atom. The predicted octanol–water partition coefficient (Wildman–Crippen LogP) is 1.28. The average Bonchev–Trinajstić information content (AvgIpc) is 3.18. The monoisotopic (exact) mass is 391 g/mol. The van der Waals surface area contributed by atoms with Gasteiger partial charge in [-0.15, -0.1) is 0 Å². The Morgan fingerprint density at radius 1 is 1.43 bits per heavy atom. The Labute approximate surface area is 169 Å². The molecule has 8 heteroatoms. The number of hydrazone groups is 1. The van der Waals surface area contributed by atoms with E-state index in [0.29, 0.717) is 5.92 Å². The van der Waals surface area contributed by atoms with E-state index >= 15 is 0 Å². The summed E-state index contributed by atoms with van der Waals surface area (Å²) >= 11 is 0. The first-order valence-corrected chi connectivity index (χ1v) is 10.8. The largest absolute Gasteiger partial charge is 0.375 e. The number of aliphatic imine (C=N–C) groups is 2. The van der Waals surface area contributed by atoms with Crippen LogP contribution in [0.4, 0.5) is 0 Å². The highest BCUT2D eigenvalue weighted by atomic mass is 16.5. The third-order valence-electron chi connectivity index (χ3n) is 5.99. The molecule has 3 heterocycles. The van der Waals surface area contributed by atoms with Gasteiger partial charge in [0, 0.05) is 56.8 Å². The molecule has 0 aromatic heterocycles. The van der Waals surface area contributed by atoms with E-state index in [1.165, 1.54) is 0 Å². The van der Waals surface area contributed by atoms with Gasteiger partial charge in [0.25, 0.3) is 0 Å². The Hall–Kier alpha value is -1.51. The molecule has 0 bridgehead atoms. The number of hydrogen-bond donors (Lipinski definition) is 2. The van der Waals surface area contributed by atoms with Crippen LogP contribution in [-0.2, 0) is 4.74 Å². The van der Waals surface area contributed by atoms with E-state index in [9.17, 15) is 0 Å². The summed E-state index contributed by atoms with van der Waals surface area (Å²) in [7, 11) is 0. The lowest BCUT2D eigenvalue weighted by atomic mass is 9.94. The van der Waals surface area contributed by atoms with E-state index in [2.05, 4.69) is 52.3 Å². The third kappa shape index (κ3) is 5.52. The number of morpholine rings is 1. The summed E-state index contributed by atoms with van der Waals surface area (Å²) in [5, 5.41) is 4.39. The van der Waals surface area contributed by atoms with Crippen LogP contribution in [0, 0.1) is 5.92 Å². The van der Waals surface area contributed by atoms with Crippen LogP contribution < -0.4 is 11.2 Å². The van der Waals surface area contributed by atoms with Crippen molar-refractivity contribution in [1.82, 2.24) is 15.2 Å². The summed E-state index contributed by atoms with van der Waals surface area (Å²) in [5.41, 5.74) is 9.44. The number of rotatable bonds is 6. The van der Waals surface area contributed by atoms with Crippen molar-refractivity contribution >= 4 is 18.4 Å². The molecule has 0 spiro atoms. The molecule has 0 aliphatic carbocycles. The molecule has 0 amide bonds. The summed E-state index contributed by atoms with van der Waals surface area (Å²) in [4.78, 5) is 14.1. The Kier molecular flexibility index (Phi) is 7.82. The topological polar surface area (TPSA) is 90.8 Å². The molecule has 0 aromatic carbocycles. The smallest absolute Gasteiger partial charge is 0.137 e. The Morgan fingerprint density at radius 3 is 3.04 bits per heavy atom. The van der Waals surface area contributed by atoms with Crippen molar-refractivity contribution < 1.29 is 4.74 Å². The van der Waals surface area contributed by atoms with Gasteiger partial charge in [0.1, 0.15) is 18.3 Å². The fraction of sp³-hybridized carbons (Fsp3) is 0.850. The molecule has 2 unspecified atom stereocenters. The number of hydrogen-bond acceptors (Lipinski definition) is 6. The van der Waals surface area contributed by atoms with Gasteiger partial charge in [0.15, 0.2) is 0 Å². The average molecular weight is 392 g/mol. The number of nitrogens with two attached hydrogens (primary N) is 1. The van der Waals surface area contributed by atoms with Crippen LogP contribution >= 0.6 is 0 Å². The second-order valence-corrected chi connectivity index (χ2v) is 8.23. The highest BCUT2D eigenvalue weighted by molar-refractivity contribution is 5.88. The summed E-state index contributed by atoms with van der Waals surface area (Å²) < 4.78 is 5.62. The minimum Gasteiger partial charge on any atom is -0.375 e. The van der Waals surface area contributed by atoms with Crippen LogP contribution in [0.3, 0.4) is 0 Å². The number of amidine groups is 1. The first-order valence-electron chi connectivity index (χ1n) is 10.8. The van der Waals surface area contributed by atoms with Crippen molar-refractivity contribution in [2.75, 3.05) is 32.8 Å². The van der Waals surface area contributed by atoms with Gasteiger partial charge in [-0.25, -0.2) is 4.99 Å². The molecular weight excluding hydrogens is 354 g/mol. The molecule has 3 aliphatic rings. The van der Waals surface area contributed by atoms with Crippen LogP contribution in [0.2, 0.25) is 0 Å². The number of nitrogens with one attached hydrogen (secondary N) is 1. The predicted molar refractivity (Wildman–Crippen MR) is 115 cm³/mol.